The van der Waals surface area contributed by atoms with Crippen molar-refractivity contribution in [1.82, 2.24) is 19.1 Å². The zero-order valence-electron chi connectivity index (χ0n) is 18.4. The zero-order valence-corrected chi connectivity index (χ0v) is 19.3. The molecule has 0 bridgehead atoms. The van der Waals surface area contributed by atoms with Gasteiger partial charge in [-0.15, -0.1) is 0 Å². The number of hydrogen-bond donors (Lipinski definition) is 1. The molecule has 34 heavy (non-hydrogen) atoms. The molecule has 0 saturated carbocycles. The number of benzene rings is 2. The number of piperazine rings is 1. The largest absolute Gasteiger partial charge is 0.360 e. The van der Waals surface area contributed by atoms with Crippen LogP contribution in [0.5, 0.6) is 0 Å². The lowest BCUT2D eigenvalue weighted by Gasteiger charge is -2.33. The standard InChI is InChI=1S/C24H24N4O5S/c29-22(20-15-25-21-8-4-3-5-17(20)21)16-26-9-11-27(12-10-26)34(32,33)14-13-28-23(30)18-6-1-2-7-19(18)24(28)31/h1-8,15,25H,9-14,16H2. The van der Waals surface area contributed by atoms with Crippen molar-refractivity contribution in [1.29, 1.82) is 0 Å². The van der Waals surface area contributed by atoms with Crippen molar-refractivity contribution in [2.24, 2.45) is 0 Å². The first-order chi connectivity index (χ1) is 16.3. The predicted octanol–water partition coefficient (Wildman–Crippen LogP) is 1.59. The molecule has 1 aromatic heterocycles. The van der Waals surface area contributed by atoms with E-state index in [0.29, 0.717) is 29.8 Å². The fraction of sp³-hybridized carbons (Fsp3) is 0.292. The Balaban J connectivity index is 1.16. The number of amides is 2. The monoisotopic (exact) mass is 480 g/mol. The Morgan fingerprint density at radius 3 is 2.18 bits per heavy atom. The van der Waals surface area contributed by atoms with Crippen molar-refractivity contribution in [3.05, 3.63) is 71.4 Å². The van der Waals surface area contributed by atoms with Crippen LogP contribution in [-0.4, -0.2) is 90.1 Å². The van der Waals surface area contributed by atoms with Gasteiger partial charge in [0.05, 0.1) is 23.4 Å². The van der Waals surface area contributed by atoms with Gasteiger partial charge < -0.3 is 4.98 Å². The minimum Gasteiger partial charge on any atom is -0.360 e. The Bertz CT molecular complexity index is 1350. The average Bonchev–Trinajstić information content (AvgIpc) is 3.38. The van der Waals surface area contributed by atoms with E-state index < -0.39 is 21.8 Å². The Hall–Kier alpha value is -3.34. The predicted molar refractivity (Wildman–Crippen MR) is 126 cm³/mol. The van der Waals surface area contributed by atoms with Gasteiger partial charge in [0.25, 0.3) is 11.8 Å². The zero-order chi connectivity index (χ0) is 23.9. The van der Waals surface area contributed by atoms with E-state index in [2.05, 4.69) is 4.98 Å². The van der Waals surface area contributed by atoms with Crippen molar-refractivity contribution in [3.8, 4) is 0 Å². The lowest BCUT2D eigenvalue weighted by molar-refractivity contribution is 0.0663. The number of carbonyl (C=O) groups is 3. The van der Waals surface area contributed by atoms with E-state index in [0.717, 1.165) is 15.8 Å². The molecule has 0 atom stereocenters. The first-order valence-electron chi connectivity index (χ1n) is 11.1. The molecule has 10 heteroatoms. The molecule has 0 unspecified atom stereocenters. The number of fused-ring (bicyclic) bond motifs is 2. The number of nitrogens with one attached hydrogen (secondary N) is 1. The summed E-state index contributed by atoms with van der Waals surface area (Å²) in [5.41, 5.74) is 2.14. The Morgan fingerprint density at radius 1 is 0.882 bits per heavy atom. The van der Waals surface area contributed by atoms with Gasteiger partial charge in [0.2, 0.25) is 10.0 Å². The number of imide groups is 1. The highest BCUT2D eigenvalue weighted by molar-refractivity contribution is 7.89. The van der Waals surface area contributed by atoms with Crippen LogP contribution in [0.15, 0.2) is 54.7 Å². The van der Waals surface area contributed by atoms with Crippen LogP contribution in [0.4, 0.5) is 0 Å². The molecule has 3 heterocycles. The van der Waals surface area contributed by atoms with E-state index in [-0.39, 0.29) is 37.7 Å². The number of aromatic amines is 1. The third kappa shape index (κ3) is 4.04. The summed E-state index contributed by atoms with van der Waals surface area (Å²) in [5, 5.41) is 0.877. The van der Waals surface area contributed by atoms with Gasteiger partial charge in [-0.25, -0.2) is 8.42 Å². The maximum absolute atomic E-state index is 12.9. The number of hydrogen-bond acceptors (Lipinski definition) is 6. The van der Waals surface area contributed by atoms with Crippen LogP contribution in [0, 0.1) is 0 Å². The minimum atomic E-state index is -3.66. The molecule has 1 N–H and O–H groups in total. The molecule has 0 radical (unpaired) electrons. The normalized spacial score (nSPS) is 17.5. The van der Waals surface area contributed by atoms with E-state index in [9.17, 15) is 22.8 Å². The highest BCUT2D eigenvalue weighted by Crippen LogP contribution is 2.23. The molecule has 2 aromatic carbocycles. The SMILES string of the molecule is O=C(CN1CCN(S(=O)(=O)CCN2C(=O)c3ccccc3C2=O)CC1)c1c[nH]c2ccccc12. The fourth-order valence-electron chi connectivity index (χ4n) is 4.53. The molecule has 1 saturated heterocycles. The molecular weight excluding hydrogens is 456 g/mol. The summed E-state index contributed by atoms with van der Waals surface area (Å²) in [4.78, 5) is 43.8. The molecule has 0 aliphatic carbocycles. The van der Waals surface area contributed by atoms with E-state index in [1.54, 1.807) is 30.5 Å². The van der Waals surface area contributed by atoms with Crippen molar-refractivity contribution in [2.75, 3.05) is 45.0 Å². The summed E-state index contributed by atoms with van der Waals surface area (Å²) in [5.74, 6) is -1.26. The number of ketones is 1. The summed E-state index contributed by atoms with van der Waals surface area (Å²) < 4.78 is 27.1. The van der Waals surface area contributed by atoms with Crippen molar-refractivity contribution < 1.29 is 22.8 Å². The fourth-order valence-corrected chi connectivity index (χ4v) is 5.93. The molecule has 9 nitrogen and oxygen atoms in total. The Labute approximate surface area is 197 Å². The van der Waals surface area contributed by atoms with E-state index in [1.165, 1.54) is 4.31 Å². The van der Waals surface area contributed by atoms with Crippen LogP contribution in [-0.2, 0) is 10.0 Å². The molecule has 2 aliphatic heterocycles. The van der Waals surface area contributed by atoms with Gasteiger partial charge in [0, 0.05) is 55.4 Å². The van der Waals surface area contributed by atoms with Crippen LogP contribution in [0.1, 0.15) is 31.1 Å². The molecule has 5 rings (SSSR count). The van der Waals surface area contributed by atoms with Crippen molar-refractivity contribution >= 4 is 38.5 Å². The van der Waals surface area contributed by atoms with E-state index in [4.69, 9.17) is 0 Å². The van der Waals surface area contributed by atoms with Crippen LogP contribution >= 0.6 is 0 Å². The topological polar surface area (TPSA) is 111 Å². The lowest BCUT2D eigenvalue weighted by atomic mass is 10.1. The molecular formula is C24H24N4O5S. The highest BCUT2D eigenvalue weighted by Gasteiger charge is 2.36. The second kappa shape index (κ2) is 8.79. The van der Waals surface area contributed by atoms with Gasteiger partial charge in [0.15, 0.2) is 5.78 Å². The molecule has 176 valence electrons. The second-order valence-electron chi connectivity index (χ2n) is 8.47. The number of rotatable bonds is 7. The van der Waals surface area contributed by atoms with E-state index in [1.807, 2.05) is 29.2 Å². The molecule has 1 fully saturated rings. The van der Waals surface area contributed by atoms with Crippen molar-refractivity contribution in [3.63, 3.8) is 0 Å². The number of H-pyrrole nitrogens is 1. The Kier molecular flexibility index (Phi) is 5.80. The van der Waals surface area contributed by atoms with Crippen LogP contribution < -0.4 is 0 Å². The van der Waals surface area contributed by atoms with Gasteiger partial charge in [-0.3, -0.25) is 24.2 Å². The average molecular weight is 481 g/mol. The summed E-state index contributed by atoms with van der Waals surface area (Å²) in [7, 11) is -3.66. The number of aromatic nitrogens is 1. The minimum absolute atomic E-state index is 0.0145. The number of sulfonamides is 1. The summed E-state index contributed by atoms with van der Waals surface area (Å²) in [6.07, 6.45) is 1.72. The number of para-hydroxylation sites is 1. The first kappa shape index (κ1) is 22.5. The van der Waals surface area contributed by atoms with Crippen LogP contribution in [0.2, 0.25) is 0 Å². The van der Waals surface area contributed by atoms with E-state index >= 15 is 0 Å². The van der Waals surface area contributed by atoms with Gasteiger partial charge in [-0.2, -0.15) is 4.31 Å². The van der Waals surface area contributed by atoms with Crippen LogP contribution in [0.25, 0.3) is 10.9 Å². The number of carbonyl (C=O) groups excluding carboxylic acids is 3. The number of nitrogens with zero attached hydrogens (tertiary/aromatic N) is 3. The molecule has 3 aromatic rings. The maximum atomic E-state index is 12.9. The maximum Gasteiger partial charge on any atom is 0.261 e. The van der Waals surface area contributed by atoms with Gasteiger partial charge in [-0.1, -0.05) is 30.3 Å². The number of Topliss-reactive ketones (excluding diaryl/α,β-unsaturated/α-hetero) is 1. The van der Waals surface area contributed by atoms with Gasteiger partial charge >= 0.3 is 0 Å². The second-order valence-corrected chi connectivity index (χ2v) is 10.6. The lowest BCUT2D eigenvalue weighted by Crippen LogP contribution is -2.51. The third-order valence-corrected chi connectivity index (χ3v) is 8.28. The summed E-state index contributed by atoms with van der Waals surface area (Å²) >= 11 is 0. The van der Waals surface area contributed by atoms with Gasteiger partial charge in [-0.05, 0) is 18.2 Å². The summed E-state index contributed by atoms with van der Waals surface area (Å²) in [6, 6.07) is 14.1. The molecule has 0 spiro atoms. The first-order valence-corrected chi connectivity index (χ1v) is 12.7. The van der Waals surface area contributed by atoms with Crippen molar-refractivity contribution in [2.45, 2.75) is 0 Å². The van der Waals surface area contributed by atoms with Crippen LogP contribution in [0.3, 0.4) is 0 Å². The van der Waals surface area contributed by atoms with Gasteiger partial charge in [0.1, 0.15) is 0 Å². The quantitative estimate of drug-likeness (QED) is 0.406. The summed E-state index contributed by atoms with van der Waals surface area (Å²) in [6.45, 7) is 1.40. The molecule has 2 aliphatic rings. The highest BCUT2D eigenvalue weighted by atomic mass is 32.2. The Morgan fingerprint density at radius 2 is 1.50 bits per heavy atom. The smallest absolute Gasteiger partial charge is 0.261 e. The third-order valence-electron chi connectivity index (χ3n) is 6.43. The molecule has 2 amide bonds.